The van der Waals surface area contributed by atoms with Gasteiger partial charge in [0.05, 0.1) is 0 Å². The Bertz CT molecular complexity index is 983. The van der Waals surface area contributed by atoms with Gasteiger partial charge < -0.3 is 10.6 Å². The Morgan fingerprint density at radius 2 is 1.41 bits per heavy atom. The first kappa shape index (κ1) is 18.3. The molecular formula is C22H21N3O2. The number of anilines is 1. The molecule has 0 fully saturated rings. The van der Waals surface area contributed by atoms with Crippen molar-refractivity contribution in [2.75, 3.05) is 5.32 Å². The maximum Gasteiger partial charge on any atom is 0.274 e. The van der Waals surface area contributed by atoms with Gasteiger partial charge in [0.2, 0.25) is 0 Å². The van der Waals surface area contributed by atoms with E-state index in [4.69, 9.17) is 0 Å². The van der Waals surface area contributed by atoms with Crippen LogP contribution < -0.4 is 10.6 Å². The van der Waals surface area contributed by atoms with E-state index in [0.717, 1.165) is 22.4 Å². The molecule has 1 aromatic heterocycles. The molecule has 0 aliphatic heterocycles. The summed E-state index contributed by atoms with van der Waals surface area (Å²) in [5.41, 5.74) is 4.23. The van der Waals surface area contributed by atoms with Crippen molar-refractivity contribution in [3.05, 3.63) is 94.8 Å². The van der Waals surface area contributed by atoms with Crippen molar-refractivity contribution in [2.24, 2.45) is 0 Å². The summed E-state index contributed by atoms with van der Waals surface area (Å²) in [4.78, 5) is 29.1. The highest BCUT2D eigenvalue weighted by Gasteiger charge is 2.13. The van der Waals surface area contributed by atoms with E-state index in [1.807, 2.05) is 62.4 Å². The molecule has 27 heavy (non-hydrogen) atoms. The smallest absolute Gasteiger partial charge is 0.274 e. The third-order valence-corrected chi connectivity index (χ3v) is 4.31. The van der Waals surface area contributed by atoms with Gasteiger partial charge in [-0.3, -0.25) is 9.59 Å². The molecule has 0 radical (unpaired) electrons. The average molecular weight is 359 g/mol. The van der Waals surface area contributed by atoms with Gasteiger partial charge in [0.25, 0.3) is 11.8 Å². The summed E-state index contributed by atoms with van der Waals surface area (Å²) in [7, 11) is 0. The van der Waals surface area contributed by atoms with E-state index in [2.05, 4.69) is 15.6 Å². The van der Waals surface area contributed by atoms with Gasteiger partial charge in [-0.05, 0) is 48.7 Å². The Morgan fingerprint density at radius 3 is 2.11 bits per heavy atom. The van der Waals surface area contributed by atoms with E-state index in [-0.39, 0.29) is 23.2 Å². The number of benzene rings is 2. The van der Waals surface area contributed by atoms with Crippen molar-refractivity contribution in [3.8, 4) is 0 Å². The number of carbonyl (C=O) groups excluding carboxylic acids is 2. The average Bonchev–Trinajstić information content (AvgIpc) is 2.69. The molecule has 0 saturated heterocycles. The zero-order chi connectivity index (χ0) is 19.2. The number of pyridine rings is 1. The third-order valence-electron chi connectivity index (χ3n) is 4.31. The third kappa shape index (κ3) is 4.58. The van der Waals surface area contributed by atoms with Crippen LogP contribution in [-0.4, -0.2) is 16.8 Å². The highest BCUT2D eigenvalue weighted by atomic mass is 16.2. The number of carbonyl (C=O) groups is 2. The molecule has 0 spiro atoms. The summed E-state index contributed by atoms with van der Waals surface area (Å²) < 4.78 is 0. The molecule has 3 rings (SSSR count). The van der Waals surface area contributed by atoms with Gasteiger partial charge in [0.1, 0.15) is 11.4 Å². The minimum atomic E-state index is -0.349. The minimum absolute atomic E-state index is 0.196. The lowest BCUT2D eigenvalue weighted by Crippen LogP contribution is -2.25. The van der Waals surface area contributed by atoms with E-state index in [1.165, 1.54) is 0 Å². The lowest BCUT2D eigenvalue weighted by Gasteiger charge is -2.09. The van der Waals surface area contributed by atoms with Crippen LogP contribution in [0.25, 0.3) is 0 Å². The molecule has 5 nitrogen and oxygen atoms in total. The Morgan fingerprint density at radius 1 is 0.778 bits per heavy atom. The molecule has 2 amide bonds. The maximum absolute atomic E-state index is 12.5. The van der Waals surface area contributed by atoms with Crippen molar-refractivity contribution in [1.82, 2.24) is 10.3 Å². The molecule has 0 aliphatic rings. The predicted molar refractivity (Wildman–Crippen MR) is 106 cm³/mol. The van der Waals surface area contributed by atoms with Gasteiger partial charge in [-0.2, -0.15) is 0 Å². The fourth-order valence-corrected chi connectivity index (χ4v) is 2.66. The first-order chi connectivity index (χ1) is 13.0. The fourth-order valence-electron chi connectivity index (χ4n) is 2.66. The number of amides is 2. The van der Waals surface area contributed by atoms with Crippen molar-refractivity contribution in [1.29, 1.82) is 0 Å². The first-order valence-corrected chi connectivity index (χ1v) is 8.71. The van der Waals surface area contributed by atoms with Gasteiger partial charge in [-0.25, -0.2) is 4.98 Å². The molecule has 2 N–H and O–H groups in total. The largest absolute Gasteiger partial charge is 0.347 e. The zero-order valence-electron chi connectivity index (χ0n) is 15.3. The van der Waals surface area contributed by atoms with E-state index < -0.39 is 0 Å². The van der Waals surface area contributed by atoms with Gasteiger partial charge in [-0.15, -0.1) is 0 Å². The Labute approximate surface area is 158 Å². The fraction of sp³-hybridized carbons (Fsp3) is 0.136. The second-order valence-electron chi connectivity index (χ2n) is 6.29. The van der Waals surface area contributed by atoms with Crippen LogP contribution in [-0.2, 0) is 6.54 Å². The molecule has 5 heteroatoms. The Hall–Kier alpha value is -3.47. The number of nitrogens with one attached hydrogen (secondary N) is 2. The molecule has 0 atom stereocenters. The van der Waals surface area contributed by atoms with E-state index in [9.17, 15) is 9.59 Å². The number of hydrogen-bond donors (Lipinski definition) is 2. The topological polar surface area (TPSA) is 71.1 Å². The van der Waals surface area contributed by atoms with Crippen LogP contribution >= 0.6 is 0 Å². The second-order valence-corrected chi connectivity index (χ2v) is 6.29. The molecule has 2 aromatic carbocycles. The Kier molecular flexibility index (Phi) is 5.61. The predicted octanol–water partition coefficient (Wildman–Crippen LogP) is 3.88. The highest BCUT2D eigenvalue weighted by molar-refractivity contribution is 6.04. The number of aromatic nitrogens is 1. The summed E-state index contributed by atoms with van der Waals surface area (Å²) >= 11 is 0. The molecule has 136 valence electrons. The molecule has 3 aromatic rings. The lowest BCUT2D eigenvalue weighted by molar-refractivity contribution is 0.0945. The van der Waals surface area contributed by atoms with Gasteiger partial charge in [0, 0.05) is 12.2 Å². The van der Waals surface area contributed by atoms with E-state index in [0.29, 0.717) is 6.54 Å². The van der Waals surface area contributed by atoms with Crippen LogP contribution in [0.5, 0.6) is 0 Å². The molecule has 1 heterocycles. The monoisotopic (exact) mass is 359 g/mol. The number of nitrogens with zero attached hydrogens (tertiary/aromatic N) is 1. The minimum Gasteiger partial charge on any atom is -0.347 e. The summed E-state index contributed by atoms with van der Waals surface area (Å²) in [5, 5.41) is 5.67. The highest BCUT2D eigenvalue weighted by Crippen LogP contribution is 2.14. The van der Waals surface area contributed by atoms with Crippen molar-refractivity contribution >= 4 is 17.5 Å². The van der Waals surface area contributed by atoms with Crippen LogP contribution in [0.1, 0.15) is 37.7 Å². The summed E-state index contributed by atoms with van der Waals surface area (Å²) in [6.07, 6.45) is 0. The van der Waals surface area contributed by atoms with Crippen LogP contribution in [0.3, 0.4) is 0 Å². The van der Waals surface area contributed by atoms with Gasteiger partial charge >= 0.3 is 0 Å². The number of hydrogen-bond acceptors (Lipinski definition) is 3. The lowest BCUT2D eigenvalue weighted by atomic mass is 10.1. The number of rotatable bonds is 5. The second kappa shape index (κ2) is 8.27. The van der Waals surface area contributed by atoms with Crippen LogP contribution in [0.2, 0.25) is 0 Å². The van der Waals surface area contributed by atoms with Gasteiger partial charge in [0.15, 0.2) is 0 Å². The van der Waals surface area contributed by atoms with Crippen LogP contribution in [0, 0.1) is 13.8 Å². The molecule has 0 saturated carbocycles. The van der Waals surface area contributed by atoms with Crippen molar-refractivity contribution < 1.29 is 9.59 Å². The maximum atomic E-state index is 12.5. The normalized spacial score (nSPS) is 10.3. The van der Waals surface area contributed by atoms with E-state index in [1.54, 1.807) is 18.2 Å². The summed E-state index contributed by atoms with van der Waals surface area (Å²) in [5.74, 6) is -0.665. The molecule has 0 bridgehead atoms. The standard InChI is InChI=1S/C22H21N3O2/c1-15-8-3-5-10-17(15)14-23-21(26)19-12-7-13-20(24-19)22(27)25-18-11-6-4-9-16(18)2/h3-13H,14H2,1-2H3,(H,23,26)(H,25,27). The van der Waals surface area contributed by atoms with Crippen LogP contribution in [0.4, 0.5) is 5.69 Å². The molecule has 0 aliphatic carbocycles. The first-order valence-electron chi connectivity index (χ1n) is 8.71. The van der Waals surface area contributed by atoms with Crippen molar-refractivity contribution in [3.63, 3.8) is 0 Å². The summed E-state index contributed by atoms with van der Waals surface area (Å²) in [6.45, 7) is 4.32. The quantitative estimate of drug-likeness (QED) is 0.726. The number of para-hydroxylation sites is 1. The summed E-state index contributed by atoms with van der Waals surface area (Å²) in [6, 6.07) is 20.2. The Balaban J connectivity index is 1.69. The van der Waals surface area contributed by atoms with E-state index >= 15 is 0 Å². The van der Waals surface area contributed by atoms with Crippen molar-refractivity contribution in [2.45, 2.75) is 20.4 Å². The SMILES string of the molecule is Cc1ccccc1CNC(=O)c1cccc(C(=O)Nc2ccccc2C)n1. The zero-order valence-corrected chi connectivity index (χ0v) is 15.3. The molecule has 0 unspecified atom stereocenters. The number of aryl methyl sites for hydroxylation is 2. The van der Waals surface area contributed by atoms with Crippen LogP contribution in [0.15, 0.2) is 66.7 Å². The molecular weight excluding hydrogens is 338 g/mol. The van der Waals surface area contributed by atoms with Gasteiger partial charge in [-0.1, -0.05) is 48.5 Å².